The monoisotopic (exact) mass is 244 g/mol. The summed E-state index contributed by atoms with van der Waals surface area (Å²) < 4.78 is 0.754. The zero-order valence-corrected chi connectivity index (χ0v) is 8.36. The molecule has 0 aliphatic heterocycles. The first-order valence-electron chi connectivity index (χ1n) is 3.68. The number of carboxylic acids is 1. The Labute approximate surface area is 83.9 Å². The van der Waals surface area contributed by atoms with Crippen LogP contribution in [0, 0.1) is 0 Å². The van der Waals surface area contributed by atoms with Crippen LogP contribution in [0.25, 0.3) is 0 Å². The van der Waals surface area contributed by atoms with Gasteiger partial charge < -0.3 is 10.8 Å². The molecule has 0 aliphatic rings. The Morgan fingerprint density at radius 2 is 2.38 bits per heavy atom. The van der Waals surface area contributed by atoms with Gasteiger partial charge in [-0.15, -0.1) is 0 Å². The van der Waals surface area contributed by atoms with Crippen molar-refractivity contribution in [3.8, 4) is 0 Å². The molecule has 0 radical (unpaired) electrons. The summed E-state index contributed by atoms with van der Waals surface area (Å²) in [5.74, 6) is -1.60. The maximum Gasteiger partial charge on any atom is 0.312 e. The van der Waals surface area contributed by atoms with E-state index in [2.05, 4.69) is 20.9 Å². The lowest BCUT2D eigenvalue weighted by atomic mass is 10.0. The number of nitrogens with zero attached hydrogens (tertiary/aromatic N) is 1. The van der Waals surface area contributed by atoms with Gasteiger partial charge >= 0.3 is 5.97 Å². The van der Waals surface area contributed by atoms with Crippen molar-refractivity contribution in [1.29, 1.82) is 0 Å². The molecule has 5 heteroatoms. The summed E-state index contributed by atoms with van der Waals surface area (Å²) in [7, 11) is 0. The van der Waals surface area contributed by atoms with Gasteiger partial charge in [0.2, 0.25) is 0 Å². The molecule has 1 unspecified atom stereocenters. The summed E-state index contributed by atoms with van der Waals surface area (Å²) in [6.45, 7) is 0.0769. The molecule has 0 aromatic carbocycles. The van der Waals surface area contributed by atoms with Crippen LogP contribution in [0.2, 0.25) is 0 Å². The molecule has 1 aromatic rings. The zero-order valence-electron chi connectivity index (χ0n) is 6.77. The molecule has 1 atom stereocenters. The van der Waals surface area contributed by atoms with Crippen LogP contribution in [-0.4, -0.2) is 22.6 Å². The third-order valence-corrected chi connectivity index (χ3v) is 2.10. The SMILES string of the molecule is NCC(C(=O)O)c1cncc(Br)c1. The quantitative estimate of drug-likeness (QED) is 0.831. The van der Waals surface area contributed by atoms with E-state index in [-0.39, 0.29) is 6.54 Å². The number of halogens is 1. The van der Waals surface area contributed by atoms with E-state index in [1.165, 1.54) is 6.20 Å². The Bertz CT molecular complexity index is 317. The molecule has 3 N–H and O–H groups in total. The molecule has 0 bridgehead atoms. The van der Waals surface area contributed by atoms with Crippen LogP contribution in [0.5, 0.6) is 0 Å². The fourth-order valence-corrected chi connectivity index (χ4v) is 1.38. The number of nitrogens with two attached hydrogens (primary N) is 1. The fourth-order valence-electron chi connectivity index (χ4n) is 0.998. The highest BCUT2D eigenvalue weighted by Gasteiger charge is 2.17. The average molecular weight is 245 g/mol. The van der Waals surface area contributed by atoms with E-state index in [1.54, 1.807) is 12.3 Å². The number of pyridine rings is 1. The molecule has 0 amide bonds. The number of hydrogen-bond acceptors (Lipinski definition) is 3. The average Bonchev–Trinajstić information content (AvgIpc) is 2.04. The molecule has 13 heavy (non-hydrogen) atoms. The largest absolute Gasteiger partial charge is 0.481 e. The summed E-state index contributed by atoms with van der Waals surface area (Å²) in [6.07, 6.45) is 3.11. The molecule has 70 valence electrons. The van der Waals surface area contributed by atoms with Gasteiger partial charge in [-0.05, 0) is 27.6 Å². The van der Waals surface area contributed by atoms with E-state index in [4.69, 9.17) is 10.8 Å². The minimum Gasteiger partial charge on any atom is -0.481 e. The first kappa shape index (κ1) is 10.1. The van der Waals surface area contributed by atoms with Gasteiger partial charge in [-0.2, -0.15) is 0 Å². The minimum atomic E-state index is -0.928. The molecule has 0 aliphatic carbocycles. The van der Waals surface area contributed by atoms with Crippen LogP contribution < -0.4 is 5.73 Å². The first-order chi connectivity index (χ1) is 6.15. The normalized spacial score (nSPS) is 12.5. The lowest BCUT2D eigenvalue weighted by molar-refractivity contribution is -0.138. The summed E-state index contributed by atoms with van der Waals surface area (Å²) in [4.78, 5) is 14.6. The third-order valence-electron chi connectivity index (χ3n) is 1.66. The highest BCUT2D eigenvalue weighted by molar-refractivity contribution is 9.10. The number of carbonyl (C=O) groups is 1. The summed E-state index contributed by atoms with van der Waals surface area (Å²) in [5.41, 5.74) is 5.95. The molecule has 0 saturated heterocycles. The van der Waals surface area contributed by atoms with Crippen molar-refractivity contribution < 1.29 is 9.90 Å². The number of aromatic nitrogens is 1. The second kappa shape index (κ2) is 4.34. The molecule has 0 spiro atoms. The van der Waals surface area contributed by atoms with Gasteiger partial charge in [0.1, 0.15) is 0 Å². The number of carboxylic acid groups (broad SMARTS) is 1. The van der Waals surface area contributed by atoms with E-state index in [0.29, 0.717) is 5.56 Å². The molecule has 0 saturated carbocycles. The van der Waals surface area contributed by atoms with Crippen molar-refractivity contribution in [2.24, 2.45) is 5.73 Å². The molecular weight excluding hydrogens is 236 g/mol. The molecular formula is C8H9BrN2O2. The topological polar surface area (TPSA) is 76.2 Å². The van der Waals surface area contributed by atoms with Gasteiger partial charge in [-0.1, -0.05) is 0 Å². The van der Waals surface area contributed by atoms with Gasteiger partial charge in [-0.25, -0.2) is 0 Å². The molecule has 1 heterocycles. The second-order valence-electron chi connectivity index (χ2n) is 2.56. The van der Waals surface area contributed by atoms with E-state index in [0.717, 1.165) is 4.47 Å². The smallest absolute Gasteiger partial charge is 0.312 e. The Balaban J connectivity index is 2.98. The first-order valence-corrected chi connectivity index (χ1v) is 4.47. The van der Waals surface area contributed by atoms with Crippen LogP contribution in [-0.2, 0) is 4.79 Å². The highest BCUT2D eigenvalue weighted by atomic mass is 79.9. The maximum atomic E-state index is 10.7. The molecule has 1 rings (SSSR count). The Morgan fingerprint density at radius 1 is 1.69 bits per heavy atom. The van der Waals surface area contributed by atoms with Crippen LogP contribution in [0.3, 0.4) is 0 Å². The van der Waals surface area contributed by atoms with Crippen LogP contribution in [0.1, 0.15) is 11.5 Å². The lowest BCUT2D eigenvalue weighted by Gasteiger charge is -2.08. The van der Waals surface area contributed by atoms with Crippen molar-refractivity contribution in [2.45, 2.75) is 5.92 Å². The summed E-state index contributed by atoms with van der Waals surface area (Å²) in [6, 6.07) is 1.71. The van der Waals surface area contributed by atoms with E-state index in [1.807, 2.05) is 0 Å². The van der Waals surface area contributed by atoms with E-state index < -0.39 is 11.9 Å². The zero-order chi connectivity index (χ0) is 9.84. The van der Waals surface area contributed by atoms with Gasteiger partial charge in [0.05, 0.1) is 5.92 Å². The summed E-state index contributed by atoms with van der Waals surface area (Å²) in [5, 5.41) is 8.79. The predicted octanol–water partition coefficient (Wildman–Crippen LogP) is 0.971. The number of rotatable bonds is 3. The van der Waals surface area contributed by atoms with Crippen LogP contribution >= 0.6 is 15.9 Å². The standard InChI is InChI=1S/C8H9BrN2O2/c9-6-1-5(3-11-4-6)7(2-10)8(12)13/h1,3-4,7H,2,10H2,(H,12,13). The predicted molar refractivity (Wildman–Crippen MR) is 51.4 cm³/mol. The minimum absolute atomic E-state index is 0.0769. The van der Waals surface area contributed by atoms with Crippen LogP contribution in [0.15, 0.2) is 22.9 Å². The van der Waals surface area contributed by atoms with Gasteiger partial charge in [0, 0.05) is 23.4 Å². The third kappa shape index (κ3) is 2.50. The van der Waals surface area contributed by atoms with Crippen molar-refractivity contribution in [3.63, 3.8) is 0 Å². The van der Waals surface area contributed by atoms with Gasteiger partial charge in [0.25, 0.3) is 0 Å². The Hall–Kier alpha value is -0.940. The summed E-state index contributed by atoms with van der Waals surface area (Å²) >= 11 is 3.21. The van der Waals surface area contributed by atoms with Crippen molar-refractivity contribution in [3.05, 3.63) is 28.5 Å². The van der Waals surface area contributed by atoms with Crippen molar-refractivity contribution >= 4 is 21.9 Å². The van der Waals surface area contributed by atoms with Crippen molar-refractivity contribution in [2.75, 3.05) is 6.54 Å². The Morgan fingerprint density at radius 3 is 2.85 bits per heavy atom. The van der Waals surface area contributed by atoms with E-state index >= 15 is 0 Å². The highest BCUT2D eigenvalue weighted by Crippen LogP contribution is 2.17. The lowest BCUT2D eigenvalue weighted by Crippen LogP contribution is -2.21. The number of aliphatic carboxylic acids is 1. The fraction of sp³-hybridized carbons (Fsp3) is 0.250. The second-order valence-corrected chi connectivity index (χ2v) is 3.48. The molecule has 4 nitrogen and oxygen atoms in total. The Kier molecular flexibility index (Phi) is 3.39. The molecule has 0 fully saturated rings. The van der Waals surface area contributed by atoms with Gasteiger partial charge in [-0.3, -0.25) is 9.78 Å². The maximum absolute atomic E-state index is 10.7. The van der Waals surface area contributed by atoms with Crippen LogP contribution in [0.4, 0.5) is 0 Å². The number of hydrogen-bond donors (Lipinski definition) is 2. The van der Waals surface area contributed by atoms with E-state index in [9.17, 15) is 4.79 Å². The molecule has 1 aromatic heterocycles. The van der Waals surface area contributed by atoms with Crippen molar-refractivity contribution in [1.82, 2.24) is 4.98 Å². The van der Waals surface area contributed by atoms with Gasteiger partial charge in [0.15, 0.2) is 0 Å².